The first-order chi connectivity index (χ1) is 13.5. The highest BCUT2D eigenvalue weighted by Crippen LogP contribution is 2.36. The van der Waals surface area contributed by atoms with Crippen LogP contribution < -0.4 is 15.8 Å². The first-order valence-corrected chi connectivity index (χ1v) is 9.98. The number of anilines is 1. The van der Waals surface area contributed by atoms with Gasteiger partial charge in [-0.15, -0.1) is 0 Å². The van der Waals surface area contributed by atoms with Crippen molar-refractivity contribution in [2.45, 2.75) is 51.0 Å². The van der Waals surface area contributed by atoms with E-state index < -0.39 is 5.63 Å². The zero-order valence-corrected chi connectivity index (χ0v) is 16.0. The van der Waals surface area contributed by atoms with Crippen LogP contribution in [0.3, 0.4) is 0 Å². The Morgan fingerprint density at radius 2 is 1.89 bits per heavy atom. The molecule has 0 bridgehead atoms. The number of rotatable bonds is 4. The number of piperidine rings is 1. The molecule has 6 heteroatoms. The summed E-state index contributed by atoms with van der Waals surface area (Å²) in [5.41, 5.74) is 0.803. The number of para-hydroxylation sites is 1. The van der Waals surface area contributed by atoms with Gasteiger partial charge in [0, 0.05) is 25.0 Å². The minimum Gasteiger partial charge on any atom is -0.427 e. The van der Waals surface area contributed by atoms with Crippen molar-refractivity contribution in [2.75, 3.05) is 18.0 Å². The highest BCUT2D eigenvalue weighted by Gasteiger charge is 2.27. The van der Waals surface area contributed by atoms with E-state index in [1.165, 1.54) is 6.07 Å². The number of carbonyl (C=O) groups excluding carboxylic acids is 1. The molecule has 1 saturated carbocycles. The number of benzene rings is 1. The van der Waals surface area contributed by atoms with Gasteiger partial charge < -0.3 is 14.6 Å². The van der Waals surface area contributed by atoms with Crippen LogP contribution in [-0.2, 0) is 0 Å². The molecule has 2 fully saturated rings. The van der Waals surface area contributed by atoms with Crippen molar-refractivity contribution >= 4 is 11.6 Å². The van der Waals surface area contributed by atoms with Crippen molar-refractivity contribution in [1.82, 2.24) is 5.32 Å². The molecule has 1 amide bonds. The molecule has 0 unspecified atom stereocenters. The summed E-state index contributed by atoms with van der Waals surface area (Å²) in [5, 5.41) is 2.96. The van der Waals surface area contributed by atoms with Crippen molar-refractivity contribution in [1.29, 1.82) is 0 Å². The number of halogens is 1. The molecule has 0 spiro atoms. The van der Waals surface area contributed by atoms with E-state index in [9.17, 15) is 14.0 Å². The van der Waals surface area contributed by atoms with Crippen LogP contribution in [0.5, 0.6) is 0 Å². The molecule has 28 heavy (non-hydrogen) atoms. The van der Waals surface area contributed by atoms with Gasteiger partial charge in [-0.2, -0.15) is 0 Å². The minimum absolute atomic E-state index is 0.0411. The number of amides is 1. The molecule has 5 nitrogen and oxygen atoms in total. The maximum Gasteiger partial charge on any atom is 0.349 e. The van der Waals surface area contributed by atoms with Crippen LogP contribution in [0.15, 0.2) is 39.5 Å². The highest BCUT2D eigenvalue weighted by atomic mass is 19.1. The van der Waals surface area contributed by atoms with Crippen molar-refractivity contribution in [3.63, 3.8) is 0 Å². The molecule has 2 aliphatic rings. The fourth-order valence-electron chi connectivity index (χ4n) is 4.03. The van der Waals surface area contributed by atoms with Crippen molar-refractivity contribution in [2.24, 2.45) is 0 Å². The van der Waals surface area contributed by atoms with E-state index in [1.54, 1.807) is 19.1 Å². The lowest BCUT2D eigenvalue weighted by Crippen LogP contribution is -2.46. The van der Waals surface area contributed by atoms with Gasteiger partial charge in [0.25, 0.3) is 5.91 Å². The number of hydrogen-bond donors (Lipinski definition) is 1. The van der Waals surface area contributed by atoms with Crippen molar-refractivity contribution in [3.8, 4) is 0 Å². The smallest absolute Gasteiger partial charge is 0.349 e. The Kier molecular flexibility index (Phi) is 5.20. The molecule has 1 aliphatic heterocycles. The minimum atomic E-state index is -0.553. The Hall–Kier alpha value is -2.63. The normalized spacial score (nSPS) is 18.0. The predicted octanol–water partition coefficient (Wildman–Crippen LogP) is 3.75. The summed E-state index contributed by atoms with van der Waals surface area (Å²) < 4.78 is 19.4. The molecule has 2 heterocycles. The van der Waals surface area contributed by atoms with Crippen LogP contribution in [0.1, 0.15) is 59.7 Å². The third-order valence-corrected chi connectivity index (χ3v) is 5.93. The van der Waals surface area contributed by atoms with E-state index in [2.05, 4.69) is 5.32 Å². The van der Waals surface area contributed by atoms with E-state index in [0.717, 1.165) is 19.3 Å². The Labute approximate surface area is 163 Å². The van der Waals surface area contributed by atoms with Gasteiger partial charge in [0.15, 0.2) is 0 Å². The van der Waals surface area contributed by atoms with Crippen LogP contribution in [-0.4, -0.2) is 25.0 Å². The largest absolute Gasteiger partial charge is 0.427 e. The fourth-order valence-corrected chi connectivity index (χ4v) is 4.03. The van der Waals surface area contributed by atoms with E-state index in [1.807, 2.05) is 17.0 Å². The molecule has 1 N–H and O–H groups in total. The van der Waals surface area contributed by atoms with Gasteiger partial charge >= 0.3 is 5.63 Å². The zero-order chi connectivity index (χ0) is 19.7. The van der Waals surface area contributed by atoms with Crippen LogP contribution >= 0.6 is 0 Å². The molecule has 1 aliphatic carbocycles. The topological polar surface area (TPSA) is 62.6 Å². The monoisotopic (exact) mass is 384 g/mol. The van der Waals surface area contributed by atoms with E-state index in [-0.39, 0.29) is 23.3 Å². The molecule has 1 aromatic heterocycles. The Balaban J connectivity index is 1.40. The second-order valence-corrected chi connectivity index (χ2v) is 7.81. The summed E-state index contributed by atoms with van der Waals surface area (Å²) in [4.78, 5) is 27.1. The summed E-state index contributed by atoms with van der Waals surface area (Å²) in [6, 6.07) is 8.52. The Morgan fingerprint density at radius 3 is 2.50 bits per heavy atom. The van der Waals surface area contributed by atoms with Crippen molar-refractivity contribution < 1.29 is 13.6 Å². The first-order valence-electron chi connectivity index (χ1n) is 9.98. The molecule has 4 rings (SSSR count). The molecule has 1 aromatic carbocycles. The van der Waals surface area contributed by atoms with Crippen molar-refractivity contribution in [3.05, 3.63) is 63.5 Å². The van der Waals surface area contributed by atoms with Crippen LogP contribution in [0, 0.1) is 12.7 Å². The zero-order valence-electron chi connectivity index (χ0n) is 16.0. The Morgan fingerprint density at radius 1 is 1.18 bits per heavy atom. The number of hydrogen-bond acceptors (Lipinski definition) is 4. The number of carbonyl (C=O) groups is 1. The molecule has 1 saturated heterocycles. The molecular weight excluding hydrogens is 359 g/mol. The summed E-state index contributed by atoms with van der Waals surface area (Å²) in [6.07, 6.45) is 4.62. The molecule has 0 radical (unpaired) electrons. The molecule has 2 aromatic rings. The van der Waals surface area contributed by atoms with E-state index in [0.29, 0.717) is 48.9 Å². The number of nitrogens with zero attached hydrogens (tertiary/aromatic N) is 1. The summed E-state index contributed by atoms with van der Waals surface area (Å²) in [7, 11) is 0. The van der Waals surface area contributed by atoms with E-state index in [4.69, 9.17) is 4.42 Å². The lowest BCUT2D eigenvalue weighted by molar-refractivity contribution is 0.0925. The van der Waals surface area contributed by atoms with Gasteiger partial charge in [-0.05, 0) is 56.4 Å². The quantitative estimate of drug-likeness (QED) is 0.872. The Bertz CT molecular complexity index is 928. The summed E-state index contributed by atoms with van der Waals surface area (Å²) >= 11 is 0. The fraction of sp³-hybridized carbons (Fsp3) is 0.455. The van der Waals surface area contributed by atoms with Crippen LogP contribution in [0.2, 0.25) is 0 Å². The second-order valence-electron chi connectivity index (χ2n) is 7.81. The second kappa shape index (κ2) is 7.78. The molecule has 148 valence electrons. The maximum absolute atomic E-state index is 14.0. The van der Waals surface area contributed by atoms with E-state index >= 15 is 0 Å². The van der Waals surface area contributed by atoms with Gasteiger partial charge in [0.05, 0.1) is 5.69 Å². The third kappa shape index (κ3) is 3.68. The third-order valence-electron chi connectivity index (χ3n) is 5.93. The SMILES string of the molecule is Cc1cc(C2CCC2)oc(=O)c1C(=O)NC1CCN(c2ccccc2F)CC1. The average molecular weight is 384 g/mol. The lowest BCUT2D eigenvalue weighted by Gasteiger charge is -2.34. The lowest BCUT2D eigenvalue weighted by atomic mass is 9.83. The maximum atomic E-state index is 14.0. The van der Waals surface area contributed by atoms with Gasteiger partial charge in [-0.25, -0.2) is 9.18 Å². The average Bonchev–Trinajstić information content (AvgIpc) is 2.61. The number of nitrogens with one attached hydrogen (secondary N) is 1. The summed E-state index contributed by atoms with van der Waals surface area (Å²) in [6.45, 7) is 3.09. The first kappa shape index (κ1) is 18.7. The standard InChI is InChI=1S/C22H25FN2O3/c1-14-13-19(15-5-4-6-15)28-22(27)20(14)21(26)24-16-9-11-25(12-10-16)18-8-3-2-7-17(18)23/h2-3,7-8,13,15-16H,4-6,9-12H2,1H3,(H,24,26). The molecule has 0 atom stereocenters. The van der Waals surface area contributed by atoms with Gasteiger partial charge in [-0.3, -0.25) is 4.79 Å². The van der Waals surface area contributed by atoms with Gasteiger partial charge in [0.1, 0.15) is 17.1 Å². The highest BCUT2D eigenvalue weighted by molar-refractivity contribution is 5.95. The molecular formula is C22H25FN2O3. The van der Waals surface area contributed by atoms with Crippen LogP contribution in [0.25, 0.3) is 0 Å². The number of aryl methyl sites for hydroxylation is 1. The van der Waals surface area contributed by atoms with Gasteiger partial charge in [0.2, 0.25) is 0 Å². The van der Waals surface area contributed by atoms with Crippen LogP contribution in [0.4, 0.5) is 10.1 Å². The van der Waals surface area contributed by atoms with Gasteiger partial charge in [-0.1, -0.05) is 18.6 Å². The predicted molar refractivity (Wildman–Crippen MR) is 105 cm³/mol. The summed E-state index contributed by atoms with van der Waals surface area (Å²) in [5.74, 6) is 0.398.